The van der Waals surface area contributed by atoms with Gasteiger partial charge in [-0.3, -0.25) is 4.72 Å². The van der Waals surface area contributed by atoms with Crippen LogP contribution in [0.5, 0.6) is 0 Å². The van der Waals surface area contributed by atoms with Crippen LogP contribution in [0.25, 0.3) is 0 Å². The molecule has 0 unspecified atom stereocenters. The van der Waals surface area contributed by atoms with Crippen LogP contribution in [0.1, 0.15) is 12.8 Å². The molecule has 0 amide bonds. The van der Waals surface area contributed by atoms with Crippen LogP contribution >= 0.6 is 27.5 Å². The van der Waals surface area contributed by atoms with Gasteiger partial charge in [0.1, 0.15) is 0 Å². The molecule has 18 heavy (non-hydrogen) atoms. The highest BCUT2D eigenvalue weighted by Crippen LogP contribution is 2.31. The van der Waals surface area contributed by atoms with Crippen LogP contribution in [-0.4, -0.2) is 26.8 Å². The van der Waals surface area contributed by atoms with E-state index in [1.165, 1.54) is 0 Å². The zero-order chi connectivity index (χ0) is 13.2. The third-order valence-electron chi connectivity index (χ3n) is 2.93. The number of benzene rings is 1. The quantitative estimate of drug-likeness (QED) is 0.878. The van der Waals surface area contributed by atoms with Gasteiger partial charge in [0.2, 0.25) is 10.0 Å². The maximum atomic E-state index is 12.2. The van der Waals surface area contributed by atoms with Crippen molar-refractivity contribution in [1.82, 2.24) is 5.32 Å². The molecule has 4 nitrogen and oxygen atoms in total. The van der Waals surface area contributed by atoms with E-state index in [-0.39, 0.29) is 5.25 Å². The number of halogens is 2. The van der Waals surface area contributed by atoms with E-state index >= 15 is 0 Å². The monoisotopic (exact) mass is 352 g/mol. The summed E-state index contributed by atoms with van der Waals surface area (Å²) in [6.45, 7) is 1.48. The summed E-state index contributed by atoms with van der Waals surface area (Å²) in [6, 6.07) is 5.11. The predicted molar refractivity (Wildman–Crippen MR) is 77.6 cm³/mol. The number of anilines is 1. The standard InChI is InChI=1S/C11H14BrClN2O2S/c12-11-9(13)2-1-3-10(11)15-18(16,17)8-4-6-14-7-5-8/h1-3,8,14-15H,4-7H2. The van der Waals surface area contributed by atoms with Crippen LogP contribution in [-0.2, 0) is 10.0 Å². The molecule has 0 bridgehead atoms. The third-order valence-corrected chi connectivity index (χ3v) is 6.18. The summed E-state index contributed by atoms with van der Waals surface area (Å²) in [6.07, 6.45) is 1.26. The number of piperidine rings is 1. The second kappa shape index (κ2) is 5.77. The van der Waals surface area contributed by atoms with Crippen molar-refractivity contribution in [2.45, 2.75) is 18.1 Å². The Morgan fingerprint density at radius 1 is 1.33 bits per heavy atom. The fraction of sp³-hybridized carbons (Fsp3) is 0.455. The van der Waals surface area contributed by atoms with Gasteiger partial charge in [0, 0.05) is 0 Å². The second-order valence-corrected chi connectivity index (χ2v) is 7.36. The summed E-state index contributed by atoms with van der Waals surface area (Å²) >= 11 is 9.22. The Kier molecular flexibility index (Phi) is 4.53. The molecule has 1 heterocycles. The van der Waals surface area contributed by atoms with Crippen molar-refractivity contribution in [3.05, 3.63) is 27.7 Å². The Hall–Kier alpha value is -0.300. The topological polar surface area (TPSA) is 58.2 Å². The van der Waals surface area contributed by atoms with Crippen molar-refractivity contribution >= 4 is 43.2 Å². The lowest BCUT2D eigenvalue weighted by Gasteiger charge is -2.23. The zero-order valence-corrected chi connectivity index (χ0v) is 12.8. The molecular weight excluding hydrogens is 340 g/mol. The van der Waals surface area contributed by atoms with Crippen molar-refractivity contribution in [3.8, 4) is 0 Å². The largest absolute Gasteiger partial charge is 0.317 e. The first kappa shape index (κ1) is 14.1. The molecule has 0 radical (unpaired) electrons. The Bertz CT molecular complexity index is 530. The lowest BCUT2D eigenvalue weighted by atomic mass is 10.2. The summed E-state index contributed by atoms with van der Waals surface area (Å²) < 4.78 is 27.6. The van der Waals surface area contributed by atoms with Gasteiger partial charge in [0.15, 0.2) is 0 Å². The third kappa shape index (κ3) is 3.17. The van der Waals surface area contributed by atoms with E-state index < -0.39 is 10.0 Å². The molecule has 1 fully saturated rings. The fourth-order valence-electron chi connectivity index (χ4n) is 1.92. The SMILES string of the molecule is O=S(=O)(Nc1cccc(Cl)c1Br)C1CCNCC1. The molecule has 2 rings (SSSR count). The van der Waals surface area contributed by atoms with Crippen molar-refractivity contribution in [2.24, 2.45) is 0 Å². The van der Waals surface area contributed by atoms with Crippen LogP contribution < -0.4 is 10.0 Å². The molecular formula is C11H14BrClN2O2S. The average molecular weight is 354 g/mol. The van der Waals surface area contributed by atoms with Gasteiger partial charge in [-0.1, -0.05) is 17.7 Å². The summed E-state index contributed by atoms with van der Waals surface area (Å²) in [5.41, 5.74) is 0.487. The minimum absolute atomic E-state index is 0.343. The highest BCUT2D eigenvalue weighted by Gasteiger charge is 2.27. The van der Waals surface area contributed by atoms with Crippen molar-refractivity contribution in [1.29, 1.82) is 0 Å². The molecule has 1 aromatic carbocycles. The average Bonchev–Trinajstić information content (AvgIpc) is 2.36. The van der Waals surface area contributed by atoms with Gasteiger partial charge in [0.05, 0.1) is 20.4 Å². The molecule has 7 heteroatoms. The zero-order valence-electron chi connectivity index (χ0n) is 9.62. The van der Waals surface area contributed by atoms with E-state index in [0.29, 0.717) is 28.0 Å². The molecule has 1 saturated heterocycles. The predicted octanol–water partition coefficient (Wildman–Crippen LogP) is 2.60. The highest BCUT2D eigenvalue weighted by molar-refractivity contribution is 9.10. The van der Waals surface area contributed by atoms with E-state index in [2.05, 4.69) is 26.0 Å². The van der Waals surface area contributed by atoms with E-state index in [4.69, 9.17) is 11.6 Å². The van der Waals surface area contributed by atoms with Crippen molar-refractivity contribution in [3.63, 3.8) is 0 Å². The molecule has 1 aliphatic rings. The first-order valence-electron chi connectivity index (χ1n) is 5.67. The lowest BCUT2D eigenvalue weighted by Crippen LogP contribution is -2.38. The first-order chi connectivity index (χ1) is 8.50. The molecule has 0 saturated carbocycles. The van der Waals surface area contributed by atoms with Gasteiger partial charge in [-0.05, 0) is 54.0 Å². The van der Waals surface area contributed by atoms with Gasteiger partial charge in [0.25, 0.3) is 0 Å². The molecule has 0 aromatic heterocycles. The van der Waals surface area contributed by atoms with E-state index in [9.17, 15) is 8.42 Å². The normalized spacial score (nSPS) is 17.7. The van der Waals surface area contributed by atoms with Gasteiger partial charge in [-0.2, -0.15) is 0 Å². The van der Waals surface area contributed by atoms with E-state index in [0.717, 1.165) is 13.1 Å². The number of hydrogen-bond donors (Lipinski definition) is 2. The second-order valence-electron chi connectivity index (χ2n) is 4.20. The highest BCUT2D eigenvalue weighted by atomic mass is 79.9. The molecule has 0 aliphatic carbocycles. The van der Waals surface area contributed by atoms with Gasteiger partial charge in [-0.25, -0.2) is 8.42 Å². The van der Waals surface area contributed by atoms with Crippen LogP contribution in [0.2, 0.25) is 5.02 Å². The van der Waals surface area contributed by atoms with E-state index in [1.54, 1.807) is 18.2 Å². The minimum atomic E-state index is -3.35. The van der Waals surface area contributed by atoms with Crippen LogP contribution in [0, 0.1) is 0 Å². The molecule has 0 atom stereocenters. The molecule has 0 spiro atoms. The van der Waals surface area contributed by atoms with Crippen LogP contribution in [0.4, 0.5) is 5.69 Å². The molecule has 1 aliphatic heterocycles. The minimum Gasteiger partial charge on any atom is -0.317 e. The maximum absolute atomic E-state index is 12.2. The summed E-state index contributed by atoms with van der Waals surface area (Å²) in [5, 5.41) is 3.29. The lowest BCUT2D eigenvalue weighted by molar-refractivity contribution is 0.499. The van der Waals surface area contributed by atoms with Crippen molar-refractivity contribution in [2.75, 3.05) is 17.8 Å². The van der Waals surface area contributed by atoms with E-state index in [1.807, 2.05) is 0 Å². The summed E-state index contributed by atoms with van der Waals surface area (Å²) in [5.74, 6) is 0. The number of rotatable bonds is 3. The fourth-order valence-corrected chi connectivity index (χ4v) is 4.09. The Morgan fingerprint density at radius 2 is 2.00 bits per heavy atom. The van der Waals surface area contributed by atoms with Gasteiger partial charge in [-0.15, -0.1) is 0 Å². The number of nitrogens with one attached hydrogen (secondary N) is 2. The summed E-state index contributed by atoms with van der Waals surface area (Å²) in [7, 11) is -3.35. The smallest absolute Gasteiger partial charge is 0.235 e. The molecule has 2 N–H and O–H groups in total. The van der Waals surface area contributed by atoms with Gasteiger partial charge < -0.3 is 5.32 Å². The Balaban J connectivity index is 2.19. The summed E-state index contributed by atoms with van der Waals surface area (Å²) in [4.78, 5) is 0. The van der Waals surface area contributed by atoms with Crippen LogP contribution in [0.15, 0.2) is 22.7 Å². The van der Waals surface area contributed by atoms with Gasteiger partial charge >= 0.3 is 0 Å². The maximum Gasteiger partial charge on any atom is 0.235 e. The first-order valence-corrected chi connectivity index (χ1v) is 8.39. The molecule has 1 aromatic rings. The number of hydrogen-bond acceptors (Lipinski definition) is 3. The van der Waals surface area contributed by atoms with Crippen molar-refractivity contribution < 1.29 is 8.42 Å². The molecule has 100 valence electrons. The van der Waals surface area contributed by atoms with Crippen LogP contribution in [0.3, 0.4) is 0 Å². The Labute approximate surface area is 120 Å². The number of sulfonamides is 1. The Morgan fingerprint density at radius 3 is 2.67 bits per heavy atom.